The van der Waals surface area contributed by atoms with Crippen molar-refractivity contribution in [2.45, 2.75) is 0 Å². The number of benzene rings is 2. The van der Waals surface area contributed by atoms with Gasteiger partial charge in [0, 0.05) is 18.1 Å². The zero-order valence-corrected chi connectivity index (χ0v) is 12.6. The molecule has 1 aromatic heterocycles. The van der Waals surface area contributed by atoms with Gasteiger partial charge in [0.2, 0.25) is 0 Å². The maximum absolute atomic E-state index is 5.88. The Balaban J connectivity index is 1.96. The summed E-state index contributed by atoms with van der Waals surface area (Å²) in [5.74, 6) is 1.71. The van der Waals surface area contributed by atoms with Crippen LogP contribution in [0, 0.1) is 0 Å². The van der Waals surface area contributed by atoms with Crippen molar-refractivity contribution < 1.29 is 4.74 Å². The van der Waals surface area contributed by atoms with Gasteiger partial charge in [-0.25, -0.2) is 4.98 Å². The van der Waals surface area contributed by atoms with E-state index < -0.39 is 0 Å². The molecule has 0 saturated carbocycles. The standard InChI is InChI=1S/C17H15ClN2O/c1-20-16-9-8-14(21-2)11-15(16)19-17(20)10-5-12-3-6-13(18)7-4-12/h3-11H,1-2H3. The molecule has 0 fully saturated rings. The van der Waals surface area contributed by atoms with Crippen LogP contribution in [0.25, 0.3) is 23.2 Å². The molecule has 0 aliphatic rings. The Morgan fingerprint density at radius 3 is 2.57 bits per heavy atom. The van der Waals surface area contributed by atoms with E-state index in [1.165, 1.54) is 0 Å². The van der Waals surface area contributed by atoms with Gasteiger partial charge in [0.25, 0.3) is 0 Å². The molecule has 0 bridgehead atoms. The highest BCUT2D eigenvalue weighted by atomic mass is 35.5. The normalized spacial score (nSPS) is 11.4. The topological polar surface area (TPSA) is 27.1 Å². The van der Waals surface area contributed by atoms with Crippen LogP contribution in [0.3, 0.4) is 0 Å². The summed E-state index contributed by atoms with van der Waals surface area (Å²) in [6, 6.07) is 13.6. The second-order valence-electron chi connectivity index (χ2n) is 4.77. The number of fused-ring (bicyclic) bond motifs is 1. The van der Waals surface area contributed by atoms with Crippen molar-refractivity contribution in [3.8, 4) is 5.75 Å². The minimum absolute atomic E-state index is 0.738. The van der Waals surface area contributed by atoms with Crippen molar-refractivity contribution in [3.63, 3.8) is 0 Å². The zero-order chi connectivity index (χ0) is 14.8. The molecular weight excluding hydrogens is 284 g/mol. The van der Waals surface area contributed by atoms with E-state index in [-0.39, 0.29) is 0 Å². The fraction of sp³-hybridized carbons (Fsp3) is 0.118. The van der Waals surface area contributed by atoms with E-state index in [0.717, 1.165) is 33.2 Å². The highest BCUT2D eigenvalue weighted by molar-refractivity contribution is 6.30. The van der Waals surface area contributed by atoms with Crippen LogP contribution in [0.15, 0.2) is 42.5 Å². The lowest BCUT2D eigenvalue weighted by molar-refractivity contribution is 0.415. The molecule has 106 valence electrons. The van der Waals surface area contributed by atoms with Crippen LogP contribution < -0.4 is 4.74 Å². The number of hydrogen-bond donors (Lipinski definition) is 0. The van der Waals surface area contributed by atoms with Crippen molar-refractivity contribution in [2.24, 2.45) is 7.05 Å². The average molecular weight is 299 g/mol. The Labute approximate surface area is 128 Å². The Morgan fingerprint density at radius 2 is 1.86 bits per heavy atom. The third-order valence-electron chi connectivity index (χ3n) is 3.42. The van der Waals surface area contributed by atoms with E-state index in [2.05, 4.69) is 9.55 Å². The van der Waals surface area contributed by atoms with Gasteiger partial charge in [-0.15, -0.1) is 0 Å². The molecule has 0 saturated heterocycles. The van der Waals surface area contributed by atoms with Gasteiger partial charge in [-0.3, -0.25) is 0 Å². The number of hydrogen-bond acceptors (Lipinski definition) is 2. The molecule has 2 aromatic carbocycles. The summed E-state index contributed by atoms with van der Waals surface area (Å²) < 4.78 is 7.29. The van der Waals surface area contributed by atoms with Crippen LogP contribution in [0.4, 0.5) is 0 Å². The van der Waals surface area contributed by atoms with Crippen LogP contribution in [-0.4, -0.2) is 16.7 Å². The first-order chi connectivity index (χ1) is 10.2. The van der Waals surface area contributed by atoms with Crippen LogP contribution in [0.2, 0.25) is 5.02 Å². The van der Waals surface area contributed by atoms with Crippen molar-refractivity contribution >= 4 is 34.8 Å². The zero-order valence-electron chi connectivity index (χ0n) is 11.9. The number of halogens is 1. The monoisotopic (exact) mass is 298 g/mol. The predicted molar refractivity (Wildman–Crippen MR) is 87.6 cm³/mol. The van der Waals surface area contributed by atoms with Gasteiger partial charge in [0.1, 0.15) is 11.6 Å². The minimum atomic E-state index is 0.738. The number of nitrogens with zero attached hydrogens (tertiary/aromatic N) is 2. The maximum Gasteiger partial charge on any atom is 0.133 e. The number of rotatable bonds is 3. The van der Waals surface area contributed by atoms with Crippen molar-refractivity contribution in [3.05, 3.63) is 58.9 Å². The molecule has 0 N–H and O–H groups in total. The van der Waals surface area contributed by atoms with Crippen LogP contribution in [-0.2, 0) is 7.05 Å². The Morgan fingerprint density at radius 1 is 1.10 bits per heavy atom. The van der Waals surface area contributed by atoms with Crippen LogP contribution in [0.1, 0.15) is 11.4 Å². The van der Waals surface area contributed by atoms with E-state index in [9.17, 15) is 0 Å². The third-order valence-corrected chi connectivity index (χ3v) is 3.67. The molecule has 0 spiro atoms. The lowest BCUT2D eigenvalue weighted by Gasteiger charge is -1.99. The fourth-order valence-corrected chi connectivity index (χ4v) is 2.34. The van der Waals surface area contributed by atoms with Gasteiger partial charge >= 0.3 is 0 Å². The van der Waals surface area contributed by atoms with E-state index in [1.807, 2.05) is 61.7 Å². The second-order valence-corrected chi connectivity index (χ2v) is 5.20. The number of imidazole rings is 1. The summed E-state index contributed by atoms with van der Waals surface area (Å²) >= 11 is 5.88. The second kappa shape index (κ2) is 5.62. The number of ether oxygens (including phenoxy) is 1. The summed E-state index contributed by atoms with van der Waals surface area (Å²) in [5, 5.41) is 0.738. The summed E-state index contributed by atoms with van der Waals surface area (Å²) in [4.78, 5) is 4.62. The SMILES string of the molecule is COc1ccc2c(c1)nc(C=Cc1ccc(Cl)cc1)n2C. The molecule has 0 radical (unpaired) electrons. The molecule has 3 rings (SSSR count). The number of aryl methyl sites for hydroxylation is 1. The van der Waals surface area contributed by atoms with E-state index in [1.54, 1.807) is 7.11 Å². The summed E-state index contributed by atoms with van der Waals surface area (Å²) in [5.41, 5.74) is 3.09. The smallest absolute Gasteiger partial charge is 0.133 e. The van der Waals surface area contributed by atoms with Crippen molar-refractivity contribution in [1.82, 2.24) is 9.55 Å². The van der Waals surface area contributed by atoms with E-state index in [0.29, 0.717) is 0 Å². The highest BCUT2D eigenvalue weighted by Crippen LogP contribution is 2.22. The largest absolute Gasteiger partial charge is 0.497 e. The molecule has 1 heterocycles. The van der Waals surface area contributed by atoms with Crippen LogP contribution >= 0.6 is 11.6 Å². The van der Waals surface area contributed by atoms with Gasteiger partial charge in [0.15, 0.2) is 0 Å². The van der Waals surface area contributed by atoms with Crippen LogP contribution in [0.5, 0.6) is 5.75 Å². The summed E-state index contributed by atoms with van der Waals surface area (Å²) in [7, 11) is 3.66. The molecule has 0 unspecified atom stereocenters. The first-order valence-electron chi connectivity index (χ1n) is 6.61. The number of methoxy groups -OCH3 is 1. The van der Waals surface area contributed by atoms with Gasteiger partial charge in [0.05, 0.1) is 18.1 Å². The van der Waals surface area contributed by atoms with Gasteiger partial charge in [-0.1, -0.05) is 29.8 Å². The molecule has 21 heavy (non-hydrogen) atoms. The third kappa shape index (κ3) is 2.78. The van der Waals surface area contributed by atoms with E-state index in [4.69, 9.17) is 16.3 Å². The molecule has 0 amide bonds. The highest BCUT2D eigenvalue weighted by Gasteiger charge is 2.06. The molecule has 0 aliphatic heterocycles. The molecule has 0 atom stereocenters. The molecule has 3 nitrogen and oxygen atoms in total. The van der Waals surface area contributed by atoms with Crippen molar-refractivity contribution in [2.75, 3.05) is 7.11 Å². The molecule has 4 heteroatoms. The first kappa shape index (κ1) is 13.7. The Kier molecular flexibility index (Phi) is 3.67. The summed E-state index contributed by atoms with van der Waals surface area (Å²) in [6.45, 7) is 0. The number of aromatic nitrogens is 2. The average Bonchev–Trinajstić information content (AvgIpc) is 2.82. The molecular formula is C17H15ClN2O. The Bertz CT molecular complexity index is 804. The maximum atomic E-state index is 5.88. The predicted octanol–water partition coefficient (Wildman–Crippen LogP) is 4.41. The lowest BCUT2D eigenvalue weighted by atomic mass is 10.2. The van der Waals surface area contributed by atoms with Gasteiger partial charge in [-0.2, -0.15) is 0 Å². The van der Waals surface area contributed by atoms with Gasteiger partial charge in [-0.05, 0) is 35.9 Å². The lowest BCUT2D eigenvalue weighted by Crippen LogP contribution is -1.90. The quantitative estimate of drug-likeness (QED) is 0.716. The minimum Gasteiger partial charge on any atom is -0.497 e. The van der Waals surface area contributed by atoms with Gasteiger partial charge < -0.3 is 9.30 Å². The van der Waals surface area contributed by atoms with E-state index >= 15 is 0 Å². The molecule has 0 aliphatic carbocycles. The fourth-order valence-electron chi connectivity index (χ4n) is 2.22. The summed E-state index contributed by atoms with van der Waals surface area (Å²) in [6.07, 6.45) is 4.02. The molecule has 3 aromatic rings. The Hall–Kier alpha value is -2.26. The first-order valence-corrected chi connectivity index (χ1v) is 6.99. The van der Waals surface area contributed by atoms with Crippen molar-refractivity contribution in [1.29, 1.82) is 0 Å².